The van der Waals surface area contributed by atoms with E-state index in [1.165, 1.54) is 0 Å². The van der Waals surface area contributed by atoms with Crippen LogP contribution in [0.1, 0.15) is 21.7 Å². The lowest BCUT2D eigenvalue weighted by Crippen LogP contribution is -2.11. The van der Waals surface area contributed by atoms with E-state index < -0.39 is 5.91 Å². The normalized spacial score (nSPS) is 11.1. The number of hydrogen-bond acceptors (Lipinski definition) is 4. The lowest BCUT2D eigenvalue weighted by molar-refractivity contribution is 0.1000. The van der Waals surface area contributed by atoms with Crippen LogP contribution in [0.2, 0.25) is 5.02 Å². The first kappa shape index (κ1) is 21.7. The quantitative estimate of drug-likeness (QED) is 0.368. The molecule has 2 aromatic heterocycles. The highest BCUT2D eigenvalue weighted by atomic mass is 35.5. The molecule has 3 aromatic carbocycles. The zero-order valence-corrected chi connectivity index (χ0v) is 19.2. The molecule has 1 amide bonds. The van der Waals surface area contributed by atoms with Gasteiger partial charge in [-0.1, -0.05) is 35.9 Å². The first-order valence-corrected chi connectivity index (χ1v) is 11.1. The molecule has 2 N–H and O–H groups in total. The number of aryl methyl sites for hydroxylation is 1. The van der Waals surface area contributed by atoms with Gasteiger partial charge in [0, 0.05) is 29.4 Å². The molecule has 170 valence electrons. The van der Waals surface area contributed by atoms with Crippen LogP contribution in [0.5, 0.6) is 5.75 Å². The molecule has 0 spiro atoms. The van der Waals surface area contributed by atoms with Crippen molar-refractivity contribution in [3.8, 4) is 16.9 Å². The van der Waals surface area contributed by atoms with Crippen molar-refractivity contribution < 1.29 is 9.53 Å². The third kappa shape index (κ3) is 4.38. The highest BCUT2D eigenvalue weighted by molar-refractivity contribution is 6.31. The third-order valence-electron chi connectivity index (χ3n) is 5.66. The maximum atomic E-state index is 11.3. The Labute approximate surface area is 201 Å². The number of ether oxygens (including phenoxy) is 1. The van der Waals surface area contributed by atoms with Gasteiger partial charge in [-0.05, 0) is 53.6 Å². The number of halogens is 1. The van der Waals surface area contributed by atoms with Gasteiger partial charge in [0.15, 0.2) is 0 Å². The minimum absolute atomic E-state index is 0.247. The van der Waals surface area contributed by atoms with Gasteiger partial charge in [-0.25, -0.2) is 4.98 Å². The van der Waals surface area contributed by atoms with E-state index in [1.54, 1.807) is 28.9 Å². The van der Waals surface area contributed by atoms with E-state index in [9.17, 15) is 4.79 Å². The fourth-order valence-corrected chi connectivity index (χ4v) is 4.06. The van der Waals surface area contributed by atoms with Crippen molar-refractivity contribution in [3.63, 3.8) is 0 Å². The molecule has 0 aliphatic rings. The van der Waals surface area contributed by atoms with Crippen molar-refractivity contribution in [3.05, 3.63) is 101 Å². The van der Waals surface area contributed by atoms with Crippen molar-refractivity contribution in [2.75, 3.05) is 0 Å². The number of hydrogen-bond donors (Lipinski definition) is 1. The second-order valence-electron chi connectivity index (χ2n) is 7.99. The van der Waals surface area contributed by atoms with Crippen LogP contribution >= 0.6 is 11.6 Å². The smallest absolute Gasteiger partial charge is 0.248 e. The van der Waals surface area contributed by atoms with Crippen molar-refractivity contribution >= 4 is 28.5 Å². The molecule has 0 radical (unpaired) electrons. The maximum absolute atomic E-state index is 11.3. The van der Waals surface area contributed by atoms with Gasteiger partial charge in [0.1, 0.15) is 18.2 Å². The predicted molar refractivity (Wildman–Crippen MR) is 132 cm³/mol. The molecule has 5 aromatic rings. The van der Waals surface area contributed by atoms with Gasteiger partial charge in [-0.15, -0.1) is 0 Å². The molecule has 0 unspecified atom stereocenters. The lowest BCUT2D eigenvalue weighted by atomic mass is 10.1. The van der Waals surface area contributed by atoms with E-state index in [0.717, 1.165) is 33.5 Å². The van der Waals surface area contributed by atoms with Crippen LogP contribution < -0.4 is 10.5 Å². The molecule has 2 heterocycles. The number of nitrogens with two attached hydrogens (primary N) is 1. The summed E-state index contributed by atoms with van der Waals surface area (Å²) in [5, 5.41) is 4.98. The van der Waals surface area contributed by atoms with Gasteiger partial charge in [0.2, 0.25) is 5.91 Å². The average Bonchev–Trinajstić information content (AvgIpc) is 3.42. The summed E-state index contributed by atoms with van der Waals surface area (Å²) in [6.45, 7) is 0.795. The van der Waals surface area contributed by atoms with E-state index in [4.69, 9.17) is 27.1 Å². The molecular formula is C26H22ClN5O2. The second-order valence-corrected chi connectivity index (χ2v) is 8.40. The molecule has 0 aliphatic carbocycles. The Hall–Kier alpha value is -4.10. The standard InChI is InChI=1S/C26H22ClN5O2/c1-31-14-20(13-29-31)18-8-11-23-24(12-18)32(15-19-4-2-3-5-22(19)27)25(30-23)16-34-21-9-6-17(7-10-21)26(28)33/h2-14H,15-16H2,1H3,(H2,28,33). The van der Waals surface area contributed by atoms with Crippen LogP contribution in [0, 0.1) is 0 Å². The third-order valence-corrected chi connectivity index (χ3v) is 6.03. The summed E-state index contributed by atoms with van der Waals surface area (Å²) < 4.78 is 9.90. The Bertz CT molecular complexity index is 1490. The molecule has 5 rings (SSSR count). The summed E-state index contributed by atoms with van der Waals surface area (Å²) >= 11 is 6.47. The monoisotopic (exact) mass is 471 g/mol. The zero-order valence-electron chi connectivity index (χ0n) is 18.5. The lowest BCUT2D eigenvalue weighted by Gasteiger charge is -2.12. The van der Waals surface area contributed by atoms with Gasteiger partial charge in [0.25, 0.3) is 0 Å². The first-order chi connectivity index (χ1) is 16.5. The Balaban J connectivity index is 1.52. The van der Waals surface area contributed by atoms with E-state index in [2.05, 4.69) is 15.7 Å². The molecule has 34 heavy (non-hydrogen) atoms. The Kier molecular flexibility index (Phi) is 5.77. The fraction of sp³-hybridized carbons (Fsp3) is 0.115. The molecule has 8 heteroatoms. The van der Waals surface area contributed by atoms with Gasteiger partial charge in [-0.3, -0.25) is 9.48 Å². The van der Waals surface area contributed by atoms with Crippen molar-refractivity contribution in [1.29, 1.82) is 0 Å². The van der Waals surface area contributed by atoms with Crippen LogP contribution in [-0.4, -0.2) is 25.2 Å². The molecule has 7 nitrogen and oxygen atoms in total. The Morgan fingerprint density at radius 1 is 1.06 bits per heavy atom. The number of carbonyl (C=O) groups excluding carboxylic acids is 1. The van der Waals surface area contributed by atoms with E-state index in [0.29, 0.717) is 22.9 Å². The molecule has 0 saturated heterocycles. The molecule has 0 aliphatic heterocycles. The number of amides is 1. The largest absolute Gasteiger partial charge is 0.486 e. The number of rotatable bonds is 7. The predicted octanol–water partition coefficient (Wildman–Crippen LogP) is 4.82. The Morgan fingerprint density at radius 3 is 2.56 bits per heavy atom. The first-order valence-electron chi connectivity index (χ1n) is 10.7. The highest BCUT2D eigenvalue weighted by Gasteiger charge is 2.15. The van der Waals surface area contributed by atoms with Gasteiger partial charge < -0.3 is 15.0 Å². The van der Waals surface area contributed by atoms with E-state index >= 15 is 0 Å². The molecular weight excluding hydrogens is 450 g/mol. The number of carbonyl (C=O) groups is 1. The second kappa shape index (κ2) is 9.03. The van der Waals surface area contributed by atoms with Gasteiger partial charge in [0.05, 0.1) is 23.8 Å². The molecule has 0 fully saturated rings. The minimum Gasteiger partial charge on any atom is -0.486 e. The number of benzene rings is 3. The summed E-state index contributed by atoms with van der Waals surface area (Å²) in [4.78, 5) is 16.2. The topological polar surface area (TPSA) is 88.0 Å². The number of nitrogens with zero attached hydrogens (tertiary/aromatic N) is 4. The number of fused-ring (bicyclic) bond motifs is 1. The zero-order chi connectivity index (χ0) is 23.7. The summed E-state index contributed by atoms with van der Waals surface area (Å²) in [6, 6.07) is 20.7. The molecule has 0 saturated carbocycles. The fourth-order valence-electron chi connectivity index (χ4n) is 3.87. The summed E-state index contributed by atoms with van der Waals surface area (Å²) in [5.41, 5.74) is 10.7. The average molecular weight is 472 g/mol. The van der Waals surface area contributed by atoms with E-state index in [-0.39, 0.29) is 6.61 Å². The summed E-state index contributed by atoms with van der Waals surface area (Å²) in [7, 11) is 1.90. The van der Waals surface area contributed by atoms with Crippen LogP contribution in [0.25, 0.3) is 22.2 Å². The van der Waals surface area contributed by atoms with E-state index in [1.807, 2.05) is 55.8 Å². The highest BCUT2D eigenvalue weighted by Crippen LogP contribution is 2.27. The minimum atomic E-state index is -0.475. The number of imidazole rings is 1. The summed E-state index contributed by atoms with van der Waals surface area (Å²) in [6.07, 6.45) is 3.82. The molecule has 0 bridgehead atoms. The van der Waals surface area contributed by atoms with Crippen LogP contribution in [-0.2, 0) is 20.2 Å². The van der Waals surface area contributed by atoms with Crippen molar-refractivity contribution in [2.24, 2.45) is 12.8 Å². The van der Waals surface area contributed by atoms with Crippen molar-refractivity contribution in [1.82, 2.24) is 19.3 Å². The Morgan fingerprint density at radius 2 is 1.85 bits per heavy atom. The van der Waals surface area contributed by atoms with Crippen LogP contribution in [0.4, 0.5) is 0 Å². The maximum Gasteiger partial charge on any atom is 0.248 e. The summed E-state index contributed by atoms with van der Waals surface area (Å²) in [5.74, 6) is 0.909. The van der Waals surface area contributed by atoms with Crippen LogP contribution in [0.15, 0.2) is 79.1 Å². The number of primary amides is 1. The number of aromatic nitrogens is 4. The van der Waals surface area contributed by atoms with Crippen molar-refractivity contribution in [2.45, 2.75) is 13.2 Å². The van der Waals surface area contributed by atoms with Gasteiger partial charge >= 0.3 is 0 Å². The molecule has 0 atom stereocenters. The van der Waals surface area contributed by atoms with Gasteiger partial charge in [-0.2, -0.15) is 5.10 Å². The van der Waals surface area contributed by atoms with Crippen LogP contribution in [0.3, 0.4) is 0 Å². The SMILES string of the molecule is Cn1cc(-c2ccc3nc(COc4ccc(C(N)=O)cc4)n(Cc4ccccc4Cl)c3c2)cn1.